The monoisotopic (exact) mass is 336 g/mol. The molecule has 0 spiro atoms. The van der Waals surface area contributed by atoms with Crippen molar-refractivity contribution in [3.05, 3.63) is 65.2 Å². The van der Waals surface area contributed by atoms with Gasteiger partial charge < -0.3 is 10.6 Å². The first-order valence-corrected chi connectivity index (χ1v) is 7.08. The summed E-state index contributed by atoms with van der Waals surface area (Å²) in [6, 6.07) is 12.9. The molecule has 0 saturated carbocycles. The number of rotatable bonds is 4. The van der Waals surface area contributed by atoms with Gasteiger partial charge in [-0.05, 0) is 36.8 Å². The van der Waals surface area contributed by atoms with Crippen LogP contribution in [0.2, 0.25) is 0 Å². The topological polar surface area (TPSA) is 58.2 Å². The van der Waals surface area contributed by atoms with Crippen LogP contribution < -0.4 is 10.6 Å². The van der Waals surface area contributed by atoms with Gasteiger partial charge in [0.25, 0.3) is 5.91 Å². The van der Waals surface area contributed by atoms with E-state index in [4.69, 9.17) is 0 Å². The molecule has 0 aliphatic heterocycles. The molecule has 2 rings (SSSR count). The molecular weight excluding hydrogens is 321 g/mol. The third kappa shape index (κ3) is 4.84. The van der Waals surface area contributed by atoms with Crippen molar-refractivity contribution in [2.24, 2.45) is 0 Å². The quantitative estimate of drug-likeness (QED) is 0.899. The maximum atomic E-state index is 12.2. The molecule has 2 N–H and O–H groups in total. The van der Waals surface area contributed by atoms with E-state index in [1.54, 1.807) is 29.6 Å². The second kappa shape index (κ2) is 7.16. The predicted molar refractivity (Wildman–Crippen MR) is 83.5 cm³/mol. The van der Waals surface area contributed by atoms with Crippen molar-refractivity contribution in [1.29, 1.82) is 0 Å². The first-order chi connectivity index (χ1) is 11.3. The Morgan fingerprint density at radius 1 is 1.04 bits per heavy atom. The maximum absolute atomic E-state index is 12.2. The Morgan fingerprint density at radius 2 is 1.75 bits per heavy atom. The summed E-state index contributed by atoms with van der Waals surface area (Å²) in [5, 5.41) is 4.45. The molecular formula is C17H15F3N2O2. The zero-order valence-electron chi connectivity index (χ0n) is 12.8. The maximum Gasteiger partial charge on any atom is 0.471 e. The Balaban J connectivity index is 1.99. The van der Waals surface area contributed by atoms with E-state index in [9.17, 15) is 22.8 Å². The van der Waals surface area contributed by atoms with Crippen LogP contribution in [0, 0.1) is 6.92 Å². The third-order valence-corrected chi connectivity index (χ3v) is 3.18. The largest absolute Gasteiger partial charge is 0.471 e. The summed E-state index contributed by atoms with van der Waals surface area (Å²) in [5.74, 6) is -2.33. The summed E-state index contributed by atoms with van der Waals surface area (Å²) in [5.41, 5.74) is 2.02. The van der Waals surface area contributed by atoms with Gasteiger partial charge in [-0.25, -0.2) is 0 Å². The molecule has 0 unspecified atom stereocenters. The predicted octanol–water partition coefficient (Wildman–Crippen LogP) is 3.43. The molecule has 2 aromatic rings. The van der Waals surface area contributed by atoms with Crippen molar-refractivity contribution in [3.8, 4) is 0 Å². The van der Waals surface area contributed by atoms with Crippen molar-refractivity contribution in [3.63, 3.8) is 0 Å². The summed E-state index contributed by atoms with van der Waals surface area (Å²) < 4.78 is 36.7. The zero-order chi connectivity index (χ0) is 17.7. The number of hydrogen-bond donors (Lipinski definition) is 2. The molecule has 0 aromatic heterocycles. The van der Waals surface area contributed by atoms with Gasteiger partial charge in [0, 0.05) is 17.8 Å². The minimum Gasteiger partial charge on any atom is -0.348 e. The lowest BCUT2D eigenvalue weighted by Crippen LogP contribution is -2.30. The molecule has 0 radical (unpaired) electrons. The van der Waals surface area contributed by atoms with Gasteiger partial charge in [0.05, 0.1) is 0 Å². The summed E-state index contributed by atoms with van der Waals surface area (Å²) in [4.78, 5) is 23.0. The van der Waals surface area contributed by atoms with E-state index in [-0.39, 0.29) is 18.1 Å². The van der Waals surface area contributed by atoms with Crippen molar-refractivity contribution < 1.29 is 22.8 Å². The van der Waals surface area contributed by atoms with Crippen LogP contribution in [0.5, 0.6) is 0 Å². The van der Waals surface area contributed by atoms with Gasteiger partial charge in [0.15, 0.2) is 0 Å². The second-order valence-corrected chi connectivity index (χ2v) is 5.20. The molecule has 24 heavy (non-hydrogen) atoms. The lowest BCUT2D eigenvalue weighted by atomic mass is 10.1. The number of hydrogen-bond acceptors (Lipinski definition) is 2. The number of anilines is 1. The van der Waals surface area contributed by atoms with E-state index in [1.165, 1.54) is 18.2 Å². The molecule has 0 heterocycles. The molecule has 0 aliphatic rings. The highest BCUT2D eigenvalue weighted by molar-refractivity contribution is 5.95. The van der Waals surface area contributed by atoms with Gasteiger partial charge in [0.2, 0.25) is 0 Å². The molecule has 0 saturated heterocycles. The summed E-state index contributed by atoms with van der Waals surface area (Å²) in [7, 11) is 0. The van der Waals surface area contributed by atoms with Crippen molar-refractivity contribution >= 4 is 17.5 Å². The van der Waals surface area contributed by atoms with Crippen LogP contribution >= 0.6 is 0 Å². The van der Waals surface area contributed by atoms with E-state index < -0.39 is 12.1 Å². The van der Waals surface area contributed by atoms with Gasteiger partial charge in [-0.2, -0.15) is 13.2 Å². The van der Waals surface area contributed by atoms with Gasteiger partial charge in [-0.1, -0.05) is 29.8 Å². The standard InChI is InChI=1S/C17H15F3N2O2/c1-11-4-2-6-13(8-11)15(23)21-10-12-5-3-7-14(9-12)22-16(24)17(18,19)20/h2-9H,10H2,1H3,(H,21,23)(H,22,24). The molecule has 126 valence electrons. The van der Waals surface area contributed by atoms with Crippen LogP contribution in [-0.2, 0) is 11.3 Å². The third-order valence-electron chi connectivity index (χ3n) is 3.18. The normalized spacial score (nSPS) is 11.0. The number of nitrogens with one attached hydrogen (secondary N) is 2. The number of halogens is 3. The van der Waals surface area contributed by atoms with Crippen LogP contribution in [0.25, 0.3) is 0 Å². The Bertz CT molecular complexity index is 757. The van der Waals surface area contributed by atoms with Gasteiger partial charge in [0.1, 0.15) is 0 Å². The average molecular weight is 336 g/mol. The Hall–Kier alpha value is -2.83. The van der Waals surface area contributed by atoms with Gasteiger partial charge in [-0.3, -0.25) is 9.59 Å². The first-order valence-electron chi connectivity index (χ1n) is 7.08. The smallest absolute Gasteiger partial charge is 0.348 e. The minimum absolute atomic E-state index is 0.0135. The second-order valence-electron chi connectivity index (χ2n) is 5.20. The fourth-order valence-electron chi connectivity index (χ4n) is 2.03. The highest BCUT2D eigenvalue weighted by Gasteiger charge is 2.38. The van der Waals surface area contributed by atoms with Crippen LogP contribution in [0.4, 0.5) is 18.9 Å². The van der Waals surface area contributed by atoms with Crippen LogP contribution in [0.15, 0.2) is 48.5 Å². The molecule has 2 amide bonds. The van der Waals surface area contributed by atoms with E-state index in [0.717, 1.165) is 5.56 Å². The van der Waals surface area contributed by atoms with Crippen molar-refractivity contribution in [2.45, 2.75) is 19.6 Å². The molecule has 0 fully saturated rings. The molecule has 0 bridgehead atoms. The number of amides is 2. The van der Waals surface area contributed by atoms with Crippen LogP contribution in [0.3, 0.4) is 0 Å². The van der Waals surface area contributed by atoms with Crippen molar-refractivity contribution in [2.75, 3.05) is 5.32 Å². The summed E-state index contributed by atoms with van der Waals surface area (Å²) in [6.07, 6.45) is -4.95. The molecule has 4 nitrogen and oxygen atoms in total. The van der Waals surface area contributed by atoms with Gasteiger partial charge in [-0.15, -0.1) is 0 Å². The number of carbonyl (C=O) groups excluding carboxylic acids is 2. The fraction of sp³-hybridized carbons (Fsp3) is 0.176. The van der Waals surface area contributed by atoms with E-state index in [0.29, 0.717) is 11.1 Å². The fourth-order valence-corrected chi connectivity index (χ4v) is 2.03. The average Bonchev–Trinajstić information content (AvgIpc) is 2.52. The summed E-state index contributed by atoms with van der Waals surface area (Å²) >= 11 is 0. The Morgan fingerprint density at radius 3 is 2.42 bits per heavy atom. The number of alkyl halides is 3. The van der Waals surface area contributed by atoms with Gasteiger partial charge >= 0.3 is 12.1 Å². The Labute approximate surface area is 136 Å². The highest BCUT2D eigenvalue weighted by atomic mass is 19.4. The SMILES string of the molecule is Cc1cccc(C(=O)NCc2cccc(NC(=O)C(F)(F)F)c2)c1. The summed E-state index contributed by atoms with van der Waals surface area (Å²) in [6.45, 7) is 1.99. The first kappa shape index (κ1) is 17.5. The number of aryl methyl sites for hydroxylation is 1. The number of benzene rings is 2. The van der Waals surface area contributed by atoms with E-state index >= 15 is 0 Å². The number of carbonyl (C=O) groups is 2. The molecule has 7 heteroatoms. The van der Waals surface area contributed by atoms with E-state index in [1.807, 2.05) is 13.0 Å². The minimum atomic E-state index is -4.95. The molecule has 2 aromatic carbocycles. The lowest BCUT2D eigenvalue weighted by molar-refractivity contribution is -0.167. The van der Waals surface area contributed by atoms with Crippen LogP contribution in [0.1, 0.15) is 21.5 Å². The molecule has 0 atom stereocenters. The highest BCUT2D eigenvalue weighted by Crippen LogP contribution is 2.19. The van der Waals surface area contributed by atoms with E-state index in [2.05, 4.69) is 5.32 Å². The van der Waals surface area contributed by atoms with Crippen LogP contribution in [-0.4, -0.2) is 18.0 Å². The zero-order valence-corrected chi connectivity index (χ0v) is 12.8. The lowest BCUT2D eigenvalue weighted by Gasteiger charge is -2.10. The molecule has 0 aliphatic carbocycles. The Kier molecular flexibility index (Phi) is 5.23. The van der Waals surface area contributed by atoms with Crippen molar-refractivity contribution in [1.82, 2.24) is 5.32 Å².